The molecule has 0 unspecified atom stereocenters. The molecule has 0 aliphatic rings. The van der Waals surface area contributed by atoms with E-state index in [1.165, 1.54) is 0 Å². The van der Waals surface area contributed by atoms with E-state index in [-0.39, 0.29) is 12.4 Å². The summed E-state index contributed by atoms with van der Waals surface area (Å²) in [5.74, 6) is 0.135. The van der Waals surface area contributed by atoms with E-state index in [1.807, 2.05) is 25.4 Å². The second-order valence-electron chi connectivity index (χ2n) is 4.00. The van der Waals surface area contributed by atoms with Crippen molar-refractivity contribution in [3.63, 3.8) is 0 Å². The summed E-state index contributed by atoms with van der Waals surface area (Å²) in [6.07, 6.45) is 3.49. The fourth-order valence-corrected chi connectivity index (χ4v) is 1.70. The molecule has 0 aliphatic carbocycles. The minimum absolute atomic E-state index is 0.135. The molecule has 0 saturated carbocycles. The predicted octanol–water partition coefficient (Wildman–Crippen LogP) is 0.798. The number of aliphatic hydroxyl groups excluding tert-OH is 1. The molecule has 2 rings (SSSR count). The lowest BCUT2D eigenvalue weighted by Gasteiger charge is -2.04. The van der Waals surface area contributed by atoms with E-state index in [2.05, 4.69) is 10.3 Å². The van der Waals surface area contributed by atoms with Crippen molar-refractivity contribution in [2.75, 3.05) is 0 Å². The second-order valence-corrected chi connectivity index (χ2v) is 4.00. The molecule has 2 N–H and O–H groups in total. The van der Waals surface area contributed by atoms with Crippen LogP contribution in [0.5, 0.6) is 5.75 Å². The summed E-state index contributed by atoms with van der Waals surface area (Å²) in [6, 6.07) is 5.27. The van der Waals surface area contributed by atoms with E-state index < -0.39 is 0 Å². The Morgan fingerprint density at radius 1 is 1.29 bits per heavy atom. The van der Waals surface area contributed by atoms with Crippen molar-refractivity contribution < 1.29 is 10.2 Å². The van der Waals surface area contributed by atoms with Gasteiger partial charge in [0.2, 0.25) is 0 Å². The maximum absolute atomic E-state index is 9.44. The van der Waals surface area contributed by atoms with E-state index in [1.54, 1.807) is 10.7 Å². The van der Waals surface area contributed by atoms with Crippen molar-refractivity contribution in [1.82, 2.24) is 15.0 Å². The largest absolute Gasteiger partial charge is 0.508 e. The molecule has 17 heavy (non-hydrogen) atoms. The highest BCUT2D eigenvalue weighted by molar-refractivity contribution is 5.35. The van der Waals surface area contributed by atoms with Crippen LogP contribution in [0.15, 0.2) is 24.4 Å². The number of aromatic nitrogens is 3. The summed E-state index contributed by atoms with van der Waals surface area (Å²) in [7, 11) is 1.83. The predicted molar refractivity (Wildman–Crippen MR) is 62.4 cm³/mol. The zero-order valence-electron chi connectivity index (χ0n) is 9.67. The highest BCUT2D eigenvalue weighted by Gasteiger charge is 2.03. The molecule has 0 fully saturated rings. The van der Waals surface area contributed by atoms with Crippen molar-refractivity contribution in [3.05, 3.63) is 41.2 Å². The molecule has 1 aromatic heterocycles. The molecule has 2 aromatic rings. The first kappa shape index (κ1) is 11.6. The third kappa shape index (κ3) is 2.82. The molecule has 1 aromatic carbocycles. The summed E-state index contributed by atoms with van der Waals surface area (Å²) in [5, 5.41) is 26.4. The Kier molecular flexibility index (Phi) is 3.39. The third-order valence-electron chi connectivity index (χ3n) is 2.63. The molecule has 0 radical (unpaired) electrons. The zero-order valence-corrected chi connectivity index (χ0v) is 9.67. The highest BCUT2D eigenvalue weighted by atomic mass is 16.3. The van der Waals surface area contributed by atoms with Crippen LogP contribution in [-0.4, -0.2) is 25.2 Å². The first-order valence-corrected chi connectivity index (χ1v) is 5.46. The van der Waals surface area contributed by atoms with Gasteiger partial charge in [0, 0.05) is 18.8 Å². The van der Waals surface area contributed by atoms with Gasteiger partial charge in [-0.05, 0) is 30.5 Å². The van der Waals surface area contributed by atoms with Crippen LogP contribution >= 0.6 is 0 Å². The average molecular weight is 233 g/mol. The van der Waals surface area contributed by atoms with Crippen LogP contribution in [0.2, 0.25) is 0 Å². The molecule has 0 saturated heterocycles. The summed E-state index contributed by atoms with van der Waals surface area (Å²) in [4.78, 5) is 0. The van der Waals surface area contributed by atoms with E-state index in [4.69, 9.17) is 5.11 Å². The Bertz CT molecular complexity index is 508. The number of hydrogen-bond donors (Lipinski definition) is 2. The number of benzene rings is 1. The molecule has 0 atom stereocenters. The fourth-order valence-electron chi connectivity index (χ4n) is 1.70. The monoisotopic (exact) mass is 233 g/mol. The quantitative estimate of drug-likeness (QED) is 0.819. The molecule has 5 nitrogen and oxygen atoms in total. The van der Waals surface area contributed by atoms with Crippen molar-refractivity contribution in [1.29, 1.82) is 0 Å². The Hall–Kier alpha value is -1.88. The van der Waals surface area contributed by atoms with Crippen LogP contribution in [0.1, 0.15) is 16.8 Å². The van der Waals surface area contributed by atoms with Gasteiger partial charge in [-0.3, -0.25) is 4.68 Å². The number of nitrogens with zero attached hydrogens (tertiary/aromatic N) is 3. The van der Waals surface area contributed by atoms with Crippen molar-refractivity contribution in [2.45, 2.75) is 19.4 Å². The molecule has 0 aliphatic heterocycles. The van der Waals surface area contributed by atoms with Gasteiger partial charge >= 0.3 is 0 Å². The van der Waals surface area contributed by atoms with Crippen LogP contribution in [0.3, 0.4) is 0 Å². The lowest BCUT2D eigenvalue weighted by atomic mass is 10.0. The Morgan fingerprint density at radius 2 is 2.12 bits per heavy atom. The van der Waals surface area contributed by atoms with E-state index in [0.717, 1.165) is 24.1 Å². The van der Waals surface area contributed by atoms with Crippen molar-refractivity contribution in [3.8, 4) is 5.75 Å². The van der Waals surface area contributed by atoms with Gasteiger partial charge in [0.15, 0.2) is 0 Å². The number of rotatable bonds is 4. The van der Waals surface area contributed by atoms with Gasteiger partial charge in [-0.25, -0.2) is 0 Å². The zero-order chi connectivity index (χ0) is 12.3. The number of hydrogen-bond acceptors (Lipinski definition) is 4. The molecule has 0 bridgehead atoms. The lowest BCUT2D eigenvalue weighted by Crippen LogP contribution is -1.94. The normalized spacial score (nSPS) is 10.7. The summed E-state index contributed by atoms with van der Waals surface area (Å²) in [5.41, 5.74) is 2.56. The van der Waals surface area contributed by atoms with E-state index in [0.29, 0.717) is 5.56 Å². The third-order valence-corrected chi connectivity index (χ3v) is 2.63. The molecular weight excluding hydrogens is 218 g/mol. The van der Waals surface area contributed by atoms with Gasteiger partial charge in [0.1, 0.15) is 5.75 Å². The van der Waals surface area contributed by atoms with Gasteiger partial charge in [0.25, 0.3) is 0 Å². The number of aromatic hydroxyl groups is 1. The second kappa shape index (κ2) is 4.97. The van der Waals surface area contributed by atoms with E-state index in [9.17, 15) is 5.11 Å². The Morgan fingerprint density at radius 3 is 2.76 bits per heavy atom. The van der Waals surface area contributed by atoms with Gasteiger partial charge in [-0.1, -0.05) is 11.3 Å². The first-order valence-electron chi connectivity index (χ1n) is 5.46. The van der Waals surface area contributed by atoms with Gasteiger partial charge in [0.05, 0.1) is 12.3 Å². The molecule has 0 amide bonds. The molecule has 0 spiro atoms. The van der Waals surface area contributed by atoms with E-state index >= 15 is 0 Å². The minimum Gasteiger partial charge on any atom is -0.508 e. The highest BCUT2D eigenvalue weighted by Crippen LogP contribution is 2.19. The topological polar surface area (TPSA) is 71.2 Å². The molecule has 90 valence electrons. The van der Waals surface area contributed by atoms with Crippen LogP contribution < -0.4 is 0 Å². The van der Waals surface area contributed by atoms with Crippen LogP contribution in [0, 0.1) is 0 Å². The maximum atomic E-state index is 9.44. The van der Waals surface area contributed by atoms with Crippen LogP contribution in [0.4, 0.5) is 0 Å². The van der Waals surface area contributed by atoms with Gasteiger partial charge in [-0.15, -0.1) is 5.10 Å². The first-order chi connectivity index (χ1) is 8.19. The molecule has 1 heterocycles. The number of aliphatic hydroxyl groups is 1. The van der Waals surface area contributed by atoms with Crippen molar-refractivity contribution >= 4 is 0 Å². The van der Waals surface area contributed by atoms with Crippen LogP contribution in [0.25, 0.3) is 0 Å². The number of phenols is 1. The average Bonchev–Trinajstić information content (AvgIpc) is 2.74. The summed E-state index contributed by atoms with van der Waals surface area (Å²) < 4.78 is 1.67. The van der Waals surface area contributed by atoms with Gasteiger partial charge in [-0.2, -0.15) is 0 Å². The SMILES string of the molecule is Cn1cc(CCc2ccc(O)c(CO)c2)nn1. The Labute approximate surface area is 99.3 Å². The van der Waals surface area contributed by atoms with Crippen molar-refractivity contribution in [2.24, 2.45) is 7.05 Å². The minimum atomic E-state index is -0.148. The smallest absolute Gasteiger partial charge is 0.121 e. The van der Waals surface area contributed by atoms with Gasteiger partial charge < -0.3 is 10.2 Å². The molecule has 5 heteroatoms. The lowest BCUT2D eigenvalue weighted by molar-refractivity contribution is 0.275. The Balaban J connectivity index is 2.04. The fraction of sp³-hybridized carbons (Fsp3) is 0.333. The number of aryl methyl sites for hydroxylation is 3. The maximum Gasteiger partial charge on any atom is 0.121 e. The summed E-state index contributed by atoms with van der Waals surface area (Å²) in [6.45, 7) is -0.148. The standard InChI is InChI=1S/C12H15N3O2/c1-15-7-11(13-14-15)4-2-9-3-5-12(17)10(6-9)8-16/h3,5-7,16-17H,2,4,8H2,1H3. The molecular formula is C12H15N3O2. The summed E-state index contributed by atoms with van der Waals surface area (Å²) >= 11 is 0. The van der Waals surface area contributed by atoms with Crippen LogP contribution in [-0.2, 0) is 26.5 Å².